The second kappa shape index (κ2) is 7.05. The lowest BCUT2D eigenvalue weighted by Crippen LogP contribution is -2.29. The largest absolute Gasteiger partial charge is 0.489 e. The molecule has 22 heavy (non-hydrogen) atoms. The first-order valence-electron chi connectivity index (χ1n) is 6.94. The molecule has 0 bridgehead atoms. The number of fused-ring (bicyclic) bond motifs is 1. The number of alkyl halides is 1. The van der Waals surface area contributed by atoms with E-state index < -0.39 is 0 Å². The molecule has 0 fully saturated rings. The molecule has 1 aromatic heterocycles. The van der Waals surface area contributed by atoms with E-state index in [4.69, 9.17) is 32.4 Å². The zero-order valence-corrected chi connectivity index (χ0v) is 13.3. The molecule has 114 valence electrons. The molecule has 3 rings (SSSR count). The highest BCUT2D eigenvalue weighted by Gasteiger charge is 2.10. The van der Waals surface area contributed by atoms with E-state index in [-0.39, 0.29) is 5.50 Å². The van der Waals surface area contributed by atoms with Crippen molar-refractivity contribution in [2.45, 2.75) is 12.0 Å². The average Bonchev–Trinajstić information content (AvgIpc) is 3.06. The molecule has 1 N–H and O–H groups in total. The Balaban J connectivity index is 1.60. The Morgan fingerprint density at radius 3 is 2.77 bits per heavy atom. The lowest BCUT2D eigenvalue weighted by molar-refractivity contribution is 0.296. The third-order valence-electron chi connectivity index (χ3n) is 3.29. The van der Waals surface area contributed by atoms with E-state index in [2.05, 4.69) is 5.32 Å². The van der Waals surface area contributed by atoms with Crippen LogP contribution in [0.15, 0.2) is 59.2 Å². The quantitative estimate of drug-likeness (QED) is 0.518. The molecule has 1 atom stereocenters. The van der Waals surface area contributed by atoms with Gasteiger partial charge in [-0.25, -0.2) is 0 Å². The molecule has 1 heterocycles. The summed E-state index contributed by atoms with van der Waals surface area (Å²) in [5.41, 5.74) is -0.340. The maximum Gasteiger partial charge on any atom is 0.138 e. The van der Waals surface area contributed by atoms with Crippen molar-refractivity contribution in [3.05, 3.63) is 65.6 Å². The topological polar surface area (TPSA) is 34.4 Å². The van der Waals surface area contributed by atoms with Crippen molar-refractivity contribution < 1.29 is 9.15 Å². The van der Waals surface area contributed by atoms with Gasteiger partial charge in [-0.2, -0.15) is 0 Å². The minimum atomic E-state index is -0.340. The second-order valence-corrected chi connectivity index (χ2v) is 5.74. The Kier molecular flexibility index (Phi) is 4.88. The fraction of sp³-hybridized carbons (Fsp3) is 0.176. The van der Waals surface area contributed by atoms with Crippen molar-refractivity contribution in [1.82, 2.24) is 5.32 Å². The van der Waals surface area contributed by atoms with Crippen LogP contribution in [-0.2, 0) is 6.54 Å². The Bertz CT molecular complexity index is 744. The molecule has 1 unspecified atom stereocenters. The molecule has 3 nitrogen and oxygen atoms in total. The van der Waals surface area contributed by atoms with Crippen molar-refractivity contribution in [1.29, 1.82) is 0 Å². The number of benzene rings is 2. The van der Waals surface area contributed by atoms with Crippen molar-refractivity contribution >= 4 is 34.0 Å². The van der Waals surface area contributed by atoms with E-state index in [0.717, 1.165) is 16.5 Å². The number of rotatable bonds is 6. The molecule has 0 saturated heterocycles. The monoisotopic (exact) mass is 335 g/mol. The van der Waals surface area contributed by atoms with Gasteiger partial charge >= 0.3 is 0 Å². The standard InChI is InChI=1S/C17H15Cl2NO2/c18-16(20-10-13-5-3-9-21-13)11-22-15-8-7-12-4-1-2-6-14(12)17(15)19/h1-9,16,20H,10-11H2. The van der Waals surface area contributed by atoms with Gasteiger partial charge in [-0.15, -0.1) is 11.6 Å². The van der Waals surface area contributed by atoms with Crippen LogP contribution >= 0.6 is 23.2 Å². The zero-order chi connectivity index (χ0) is 15.4. The van der Waals surface area contributed by atoms with Crippen LogP contribution in [0.3, 0.4) is 0 Å². The first kappa shape index (κ1) is 15.2. The number of nitrogens with one attached hydrogen (secondary N) is 1. The summed E-state index contributed by atoms with van der Waals surface area (Å²) in [7, 11) is 0. The van der Waals surface area contributed by atoms with E-state index in [1.54, 1.807) is 6.26 Å². The van der Waals surface area contributed by atoms with Gasteiger partial charge in [-0.3, -0.25) is 5.32 Å². The average molecular weight is 336 g/mol. The highest BCUT2D eigenvalue weighted by Crippen LogP contribution is 2.32. The Morgan fingerprint density at radius 1 is 1.09 bits per heavy atom. The van der Waals surface area contributed by atoms with Gasteiger partial charge in [0.25, 0.3) is 0 Å². The van der Waals surface area contributed by atoms with Crippen molar-refractivity contribution in [3.63, 3.8) is 0 Å². The third-order valence-corrected chi connectivity index (χ3v) is 3.96. The Hall–Kier alpha value is -1.68. The Morgan fingerprint density at radius 2 is 1.95 bits per heavy atom. The van der Waals surface area contributed by atoms with Crippen molar-refractivity contribution in [3.8, 4) is 5.75 Å². The number of halogens is 2. The molecular formula is C17H15Cl2NO2. The summed E-state index contributed by atoms with van der Waals surface area (Å²) in [5.74, 6) is 1.46. The van der Waals surface area contributed by atoms with Crippen LogP contribution in [0.1, 0.15) is 5.76 Å². The number of ether oxygens (including phenoxy) is 1. The summed E-state index contributed by atoms with van der Waals surface area (Å²) in [4.78, 5) is 0. The van der Waals surface area contributed by atoms with Gasteiger partial charge in [0.2, 0.25) is 0 Å². The summed E-state index contributed by atoms with van der Waals surface area (Å²) in [5, 5.41) is 5.77. The van der Waals surface area contributed by atoms with Crippen molar-refractivity contribution in [2.75, 3.05) is 6.61 Å². The second-order valence-electron chi connectivity index (χ2n) is 4.84. The van der Waals surface area contributed by atoms with E-state index in [1.165, 1.54) is 0 Å². The van der Waals surface area contributed by atoms with Crippen LogP contribution in [0, 0.1) is 0 Å². The summed E-state index contributed by atoms with van der Waals surface area (Å²) in [6.45, 7) is 0.857. The fourth-order valence-electron chi connectivity index (χ4n) is 2.17. The van der Waals surface area contributed by atoms with Gasteiger partial charge in [0, 0.05) is 5.39 Å². The molecule has 0 aliphatic carbocycles. The predicted molar refractivity (Wildman–Crippen MR) is 89.6 cm³/mol. The molecule has 0 aliphatic heterocycles. The molecule has 5 heteroatoms. The molecule has 3 aromatic rings. The van der Waals surface area contributed by atoms with E-state index >= 15 is 0 Å². The van der Waals surface area contributed by atoms with Gasteiger partial charge in [0.05, 0.1) is 17.8 Å². The van der Waals surface area contributed by atoms with Crippen LogP contribution in [0.5, 0.6) is 5.75 Å². The van der Waals surface area contributed by atoms with Crippen LogP contribution in [0.2, 0.25) is 5.02 Å². The highest BCUT2D eigenvalue weighted by molar-refractivity contribution is 6.37. The molecule has 0 saturated carbocycles. The molecular weight excluding hydrogens is 321 g/mol. The predicted octanol–water partition coefficient (Wildman–Crippen LogP) is 4.82. The van der Waals surface area contributed by atoms with E-state index in [1.807, 2.05) is 48.5 Å². The van der Waals surface area contributed by atoms with Crippen LogP contribution in [0.4, 0.5) is 0 Å². The molecule has 2 aromatic carbocycles. The molecule has 0 aliphatic rings. The first-order valence-corrected chi connectivity index (χ1v) is 7.75. The normalized spacial score (nSPS) is 12.5. The molecule has 0 radical (unpaired) electrons. The van der Waals surface area contributed by atoms with Crippen LogP contribution in [-0.4, -0.2) is 12.1 Å². The third kappa shape index (κ3) is 3.55. The van der Waals surface area contributed by atoms with E-state index in [0.29, 0.717) is 23.9 Å². The SMILES string of the molecule is Clc1c(OCC(Cl)NCc2ccco2)ccc2ccccc12. The van der Waals surface area contributed by atoms with Gasteiger partial charge < -0.3 is 9.15 Å². The number of hydrogen-bond acceptors (Lipinski definition) is 3. The highest BCUT2D eigenvalue weighted by atomic mass is 35.5. The fourth-order valence-corrected chi connectivity index (χ4v) is 2.60. The van der Waals surface area contributed by atoms with Crippen LogP contribution < -0.4 is 10.1 Å². The Labute approximate surface area is 138 Å². The van der Waals surface area contributed by atoms with Gasteiger partial charge in [-0.05, 0) is 23.6 Å². The van der Waals surface area contributed by atoms with Gasteiger partial charge in [0.1, 0.15) is 23.6 Å². The number of hydrogen-bond donors (Lipinski definition) is 1. The molecule has 0 spiro atoms. The maximum absolute atomic E-state index is 6.38. The zero-order valence-electron chi connectivity index (χ0n) is 11.8. The van der Waals surface area contributed by atoms with E-state index in [9.17, 15) is 0 Å². The summed E-state index contributed by atoms with van der Waals surface area (Å²) in [6, 6.07) is 15.5. The number of furan rings is 1. The lowest BCUT2D eigenvalue weighted by Gasteiger charge is -2.14. The minimum absolute atomic E-state index is 0.306. The first-order chi connectivity index (χ1) is 10.7. The van der Waals surface area contributed by atoms with Gasteiger partial charge in [0.15, 0.2) is 0 Å². The smallest absolute Gasteiger partial charge is 0.138 e. The summed E-state index contributed by atoms with van der Waals surface area (Å²) < 4.78 is 11.0. The molecule has 0 amide bonds. The minimum Gasteiger partial charge on any atom is -0.489 e. The van der Waals surface area contributed by atoms with Crippen LogP contribution in [0.25, 0.3) is 10.8 Å². The summed E-state index contributed by atoms with van der Waals surface area (Å²) >= 11 is 12.6. The maximum atomic E-state index is 6.38. The summed E-state index contributed by atoms with van der Waals surface area (Å²) in [6.07, 6.45) is 1.63. The van der Waals surface area contributed by atoms with Gasteiger partial charge in [-0.1, -0.05) is 41.9 Å². The lowest BCUT2D eigenvalue weighted by atomic mass is 10.1. The van der Waals surface area contributed by atoms with Crippen molar-refractivity contribution in [2.24, 2.45) is 0 Å².